The Hall–Kier alpha value is -1.76. The molecule has 1 aromatic carbocycles. The van der Waals surface area contributed by atoms with E-state index < -0.39 is 23.8 Å². The second-order valence-electron chi connectivity index (χ2n) is 4.79. The summed E-state index contributed by atoms with van der Waals surface area (Å²) in [5, 5.41) is 0. The van der Waals surface area contributed by atoms with E-state index in [1.807, 2.05) is 0 Å². The lowest BCUT2D eigenvalue weighted by Crippen LogP contribution is -2.45. The highest BCUT2D eigenvalue weighted by atomic mass is 19.4. The molecule has 0 aliphatic rings. The lowest BCUT2D eigenvalue weighted by atomic mass is 10.2. The van der Waals surface area contributed by atoms with E-state index in [1.165, 1.54) is 37.1 Å². The number of alkyl halides is 3. The quantitative estimate of drug-likeness (QED) is 0.908. The predicted octanol–water partition coefficient (Wildman–Crippen LogP) is 2.28. The van der Waals surface area contributed by atoms with Crippen LogP contribution in [0.25, 0.3) is 0 Å². The molecule has 0 fully saturated rings. The molecule has 0 saturated heterocycles. The lowest BCUT2D eigenvalue weighted by molar-refractivity contribution is -0.143. The zero-order valence-electron chi connectivity index (χ0n) is 12.1. The number of carbonyl (C=O) groups is 1. The van der Waals surface area contributed by atoms with E-state index in [1.54, 1.807) is 6.92 Å². The SMILES string of the molecule is CC(Oc1ccccc1C(F)(F)F)C(=O)N(C)C(C)CN. The van der Waals surface area contributed by atoms with Crippen LogP contribution in [0.2, 0.25) is 0 Å². The highest BCUT2D eigenvalue weighted by molar-refractivity contribution is 5.81. The Morgan fingerprint density at radius 1 is 1.33 bits per heavy atom. The first kappa shape index (κ1) is 17.3. The Bertz CT molecular complexity index is 491. The standard InChI is InChI=1S/C14H19F3N2O2/c1-9(8-18)19(3)13(20)10(2)21-12-7-5-4-6-11(12)14(15,16)17/h4-7,9-10H,8,18H2,1-3H3. The van der Waals surface area contributed by atoms with Gasteiger partial charge in [0, 0.05) is 19.6 Å². The maximum atomic E-state index is 12.8. The summed E-state index contributed by atoms with van der Waals surface area (Å²) in [4.78, 5) is 13.4. The molecule has 0 radical (unpaired) electrons. The van der Waals surface area contributed by atoms with Crippen molar-refractivity contribution in [2.45, 2.75) is 32.2 Å². The van der Waals surface area contributed by atoms with Gasteiger partial charge in [0.25, 0.3) is 5.91 Å². The van der Waals surface area contributed by atoms with E-state index in [4.69, 9.17) is 10.5 Å². The molecule has 4 nitrogen and oxygen atoms in total. The summed E-state index contributed by atoms with van der Waals surface area (Å²) in [7, 11) is 1.54. The Labute approximate surface area is 121 Å². The van der Waals surface area contributed by atoms with Gasteiger partial charge in [0.1, 0.15) is 5.75 Å². The van der Waals surface area contributed by atoms with Crippen LogP contribution in [0.3, 0.4) is 0 Å². The second kappa shape index (κ2) is 6.80. The molecule has 2 atom stereocenters. The Morgan fingerprint density at radius 3 is 2.43 bits per heavy atom. The van der Waals surface area contributed by atoms with Crippen molar-refractivity contribution in [2.24, 2.45) is 5.73 Å². The summed E-state index contributed by atoms with van der Waals surface area (Å²) >= 11 is 0. The molecule has 118 valence electrons. The normalized spacial score (nSPS) is 14.4. The molecule has 0 aromatic heterocycles. The first-order valence-corrected chi connectivity index (χ1v) is 6.48. The highest BCUT2D eigenvalue weighted by Crippen LogP contribution is 2.36. The Balaban J connectivity index is 2.89. The summed E-state index contributed by atoms with van der Waals surface area (Å²) in [6.07, 6.45) is -5.57. The number of rotatable bonds is 5. The van der Waals surface area contributed by atoms with E-state index >= 15 is 0 Å². The van der Waals surface area contributed by atoms with Crippen LogP contribution < -0.4 is 10.5 Å². The van der Waals surface area contributed by atoms with Crippen molar-refractivity contribution < 1.29 is 22.7 Å². The van der Waals surface area contributed by atoms with Gasteiger partial charge < -0.3 is 15.4 Å². The fourth-order valence-electron chi connectivity index (χ4n) is 1.71. The number of nitrogens with zero attached hydrogens (tertiary/aromatic N) is 1. The molecule has 0 spiro atoms. The first-order valence-electron chi connectivity index (χ1n) is 6.48. The number of hydrogen-bond donors (Lipinski definition) is 1. The zero-order valence-corrected chi connectivity index (χ0v) is 12.1. The lowest BCUT2D eigenvalue weighted by Gasteiger charge is -2.27. The van der Waals surface area contributed by atoms with Crippen molar-refractivity contribution >= 4 is 5.91 Å². The van der Waals surface area contributed by atoms with Crippen LogP contribution in [-0.2, 0) is 11.0 Å². The van der Waals surface area contributed by atoms with Crippen LogP contribution in [0.15, 0.2) is 24.3 Å². The maximum Gasteiger partial charge on any atom is 0.419 e. The van der Waals surface area contributed by atoms with Crippen LogP contribution in [-0.4, -0.2) is 36.5 Å². The molecule has 2 unspecified atom stereocenters. The molecule has 0 bridgehead atoms. The maximum absolute atomic E-state index is 12.8. The molecular weight excluding hydrogens is 285 g/mol. The van der Waals surface area contributed by atoms with Gasteiger partial charge in [-0.25, -0.2) is 0 Å². The first-order chi connectivity index (χ1) is 9.68. The van der Waals surface area contributed by atoms with Crippen LogP contribution in [0.1, 0.15) is 19.4 Å². The minimum Gasteiger partial charge on any atom is -0.480 e. The Morgan fingerprint density at radius 2 is 1.90 bits per heavy atom. The molecule has 1 rings (SSSR count). The third-order valence-corrected chi connectivity index (χ3v) is 3.19. The zero-order chi connectivity index (χ0) is 16.2. The van der Waals surface area contributed by atoms with Crippen LogP contribution in [0.4, 0.5) is 13.2 Å². The van der Waals surface area contributed by atoms with Gasteiger partial charge in [-0.15, -0.1) is 0 Å². The number of ether oxygens (including phenoxy) is 1. The topological polar surface area (TPSA) is 55.6 Å². The number of benzene rings is 1. The van der Waals surface area contributed by atoms with Crippen molar-refractivity contribution in [3.05, 3.63) is 29.8 Å². The van der Waals surface area contributed by atoms with Crippen LogP contribution >= 0.6 is 0 Å². The van der Waals surface area contributed by atoms with E-state index in [0.29, 0.717) is 0 Å². The summed E-state index contributed by atoms with van der Waals surface area (Å²) < 4.78 is 43.7. The minimum atomic E-state index is -4.53. The van der Waals surface area contributed by atoms with Crippen molar-refractivity contribution in [3.8, 4) is 5.75 Å². The van der Waals surface area contributed by atoms with Gasteiger partial charge in [0.15, 0.2) is 6.10 Å². The number of nitrogens with two attached hydrogens (primary N) is 1. The van der Waals surface area contributed by atoms with Gasteiger partial charge in [-0.1, -0.05) is 12.1 Å². The third kappa shape index (κ3) is 4.35. The molecule has 0 saturated carbocycles. The number of para-hydroxylation sites is 1. The molecule has 21 heavy (non-hydrogen) atoms. The molecule has 0 aliphatic heterocycles. The molecular formula is C14H19F3N2O2. The summed E-state index contributed by atoms with van der Waals surface area (Å²) in [6, 6.07) is 4.58. The van der Waals surface area contributed by atoms with Gasteiger partial charge in [0.05, 0.1) is 5.56 Å². The molecule has 1 amide bonds. The molecule has 1 aromatic rings. The second-order valence-corrected chi connectivity index (χ2v) is 4.79. The average Bonchev–Trinajstić information content (AvgIpc) is 2.44. The number of amides is 1. The summed E-state index contributed by atoms with van der Waals surface area (Å²) in [5.74, 6) is -0.787. The number of hydrogen-bond acceptors (Lipinski definition) is 3. The van der Waals surface area contributed by atoms with Gasteiger partial charge in [-0.3, -0.25) is 4.79 Å². The average molecular weight is 304 g/mol. The number of carbonyl (C=O) groups excluding carboxylic acids is 1. The van der Waals surface area contributed by atoms with Gasteiger partial charge in [0.2, 0.25) is 0 Å². The molecule has 0 aliphatic carbocycles. The fraction of sp³-hybridized carbons (Fsp3) is 0.500. The molecule has 0 heterocycles. The summed E-state index contributed by atoms with van der Waals surface area (Å²) in [5.41, 5.74) is 4.56. The third-order valence-electron chi connectivity index (χ3n) is 3.19. The summed E-state index contributed by atoms with van der Waals surface area (Å²) in [6.45, 7) is 3.41. The van der Waals surface area contributed by atoms with Crippen LogP contribution in [0.5, 0.6) is 5.75 Å². The van der Waals surface area contributed by atoms with Gasteiger partial charge in [-0.05, 0) is 26.0 Å². The highest BCUT2D eigenvalue weighted by Gasteiger charge is 2.35. The smallest absolute Gasteiger partial charge is 0.419 e. The monoisotopic (exact) mass is 304 g/mol. The fourth-order valence-corrected chi connectivity index (χ4v) is 1.71. The van der Waals surface area contributed by atoms with E-state index in [0.717, 1.165) is 6.07 Å². The predicted molar refractivity (Wildman–Crippen MR) is 72.8 cm³/mol. The van der Waals surface area contributed by atoms with Crippen molar-refractivity contribution in [1.82, 2.24) is 4.90 Å². The van der Waals surface area contributed by atoms with Gasteiger partial charge >= 0.3 is 6.18 Å². The van der Waals surface area contributed by atoms with E-state index in [2.05, 4.69) is 0 Å². The van der Waals surface area contributed by atoms with Crippen molar-refractivity contribution in [2.75, 3.05) is 13.6 Å². The molecule has 2 N–H and O–H groups in total. The largest absolute Gasteiger partial charge is 0.480 e. The van der Waals surface area contributed by atoms with Gasteiger partial charge in [-0.2, -0.15) is 13.2 Å². The van der Waals surface area contributed by atoms with Crippen molar-refractivity contribution in [3.63, 3.8) is 0 Å². The molecule has 7 heteroatoms. The Kier molecular flexibility index (Phi) is 5.60. The minimum absolute atomic E-state index is 0.221. The van der Waals surface area contributed by atoms with Crippen molar-refractivity contribution in [1.29, 1.82) is 0 Å². The number of halogens is 3. The van der Waals surface area contributed by atoms with E-state index in [9.17, 15) is 18.0 Å². The number of likely N-dealkylation sites (N-methyl/N-ethyl adjacent to an activating group) is 1. The van der Waals surface area contributed by atoms with Crippen LogP contribution in [0, 0.1) is 0 Å². The van der Waals surface area contributed by atoms with E-state index in [-0.39, 0.29) is 18.3 Å².